The Balaban J connectivity index is 2.94. The topological polar surface area (TPSA) is 95.9 Å². The van der Waals surface area contributed by atoms with Crippen LogP contribution < -0.4 is 5.32 Å². The van der Waals surface area contributed by atoms with Crippen LogP contribution in [-0.4, -0.2) is 27.9 Å². The molecule has 0 atom stereocenters. The van der Waals surface area contributed by atoms with Gasteiger partial charge in [-0.05, 0) is 52.3 Å². The lowest BCUT2D eigenvalue weighted by atomic mass is 9.84. The van der Waals surface area contributed by atoms with Crippen LogP contribution in [0.5, 0.6) is 5.75 Å². The second-order valence-corrected chi connectivity index (χ2v) is 6.29. The predicted molar refractivity (Wildman–Crippen MR) is 78.6 cm³/mol. The van der Waals surface area contributed by atoms with E-state index in [1.54, 1.807) is 26.8 Å². The Kier molecular flexibility index (Phi) is 4.51. The molecular formula is C15H21NO5. The molecular weight excluding hydrogens is 274 g/mol. The number of carbonyl (C=O) groups excluding carboxylic acids is 1. The molecule has 0 unspecified atom stereocenters. The van der Waals surface area contributed by atoms with Gasteiger partial charge < -0.3 is 14.9 Å². The maximum Gasteiger partial charge on any atom is 0.412 e. The zero-order valence-electron chi connectivity index (χ0n) is 12.9. The fourth-order valence-electron chi connectivity index (χ4n) is 1.56. The van der Waals surface area contributed by atoms with Crippen LogP contribution in [0.25, 0.3) is 0 Å². The van der Waals surface area contributed by atoms with Crippen molar-refractivity contribution in [1.29, 1.82) is 0 Å². The number of aliphatic carboxylic acids is 1. The van der Waals surface area contributed by atoms with Crippen LogP contribution >= 0.6 is 0 Å². The number of hydrogen-bond donors (Lipinski definition) is 3. The van der Waals surface area contributed by atoms with Crippen LogP contribution in [0.2, 0.25) is 0 Å². The molecule has 0 aromatic heterocycles. The number of benzene rings is 1. The Hall–Kier alpha value is -2.24. The molecule has 21 heavy (non-hydrogen) atoms. The first kappa shape index (κ1) is 16.8. The Bertz CT molecular complexity index is 558. The summed E-state index contributed by atoms with van der Waals surface area (Å²) >= 11 is 0. The molecule has 1 amide bonds. The van der Waals surface area contributed by atoms with E-state index in [-0.39, 0.29) is 11.4 Å². The molecule has 0 saturated carbocycles. The van der Waals surface area contributed by atoms with Crippen molar-refractivity contribution in [2.75, 3.05) is 5.32 Å². The third kappa shape index (κ3) is 4.37. The molecule has 6 nitrogen and oxygen atoms in total. The van der Waals surface area contributed by atoms with Crippen molar-refractivity contribution in [3.8, 4) is 5.75 Å². The summed E-state index contributed by atoms with van der Waals surface area (Å²) in [6.07, 6.45) is -0.692. The molecule has 0 aliphatic rings. The Morgan fingerprint density at radius 3 is 2.14 bits per heavy atom. The minimum absolute atomic E-state index is 0.161. The van der Waals surface area contributed by atoms with Gasteiger partial charge in [-0.25, -0.2) is 4.79 Å². The predicted octanol–water partition coefficient (Wildman–Crippen LogP) is 3.10. The monoisotopic (exact) mass is 295 g/mol. The summed E-state index contributed by atoms with van der Waals surface area (Å²) in [6, 6.07) is 4.31. The normalized spacial score (nSPS) is 11.9. The lowest BCUT2D eigenvalue weighted by Gasteiger charge is -2.22. The highest BCUT2D eigenvalue weighted by Gasteiger charge is 2.30. The number of aromatic hydroxyl groups is 1. The first-order valence-electron chi connectivity index (χ1n) is 6.50. The fraction of sp³-hybridized carbons (Fsp3) is 0.467. The van der Waals surface area contributed by atoms with Gasteiger partial charge in [-0.1, -0.05) is 6.07 Å². The van der Waals surface area contributed by atoms with Gasteiger partial charge in [0.25, 0.3) is 0 Å². The van der Waals surface area contributed by atoms with Crippen LogP contribution in [0.3, 0.4) is 0 Å². The molecule has 6 heteroatoms. The van der Waals surface area contributed by atoms with Crippen LogP contribution in [0.15, 0.2) is 18.2 Å². The first-order chi connectivity index (χ1) is 9.43. The molecule has 0 heterocycles. The summed E-state index contributed by atoms with van der Waals surface area (Å²) in [7, 11) is 0. The minimum atomic E-state index is -1.14. The average molecular weight is 295 g/mol. The van der Waals surface area contributed by atoms with Gasteiger partial charge in [0.1, 0.15) is 11.4 Å². The molecule has 3 N–H and O–H groups in total. The third-order valence-corrected chi connectivity index (χ3v) is 2.89. The van der Waals surface area contributed by atoms with Gasteiger partial charge in [-0.2, -0.15) is 0 Å². The number of anilines is 1. The number of carboxylic acids is 1. The van der Waals surface area contributed by atoms with E-state index in [1.165, 1.54) is 26.0 Å². The minimum Gasteiger partial charge on any atom is -0.506 e. The molecule has 0 fully saturated rings. The van der Waals surface area contributed by atoms with Gasteiger partial charge in [0, 0.05) is 0 Å². The van der Waals surface area contributed by atoms with Gasteiger partial charge >= 0.3 is 12.1 Å². The summed E-state index contributed by atoms with van der Waals surface area (Å²) < 4.78 is 5.08. The largest absolute Gasteiger partial charge is 0.506 e. The standard InChI is InChI=1S/C15H21NO5/c1-14(2,3)21-13(20)16-10-7-6-9(8-11(10)17)15(4,5)12(18)19/h6-8,17H,1-5H3,(H,16,20)(H,18,19). The van der Waals surface area contributed by atoms with Crippen molar-refractivity contribution >= 4 is 17.7 Å². The van der Waals surface area contributed by atoms with Crippen LogP contribution in [0.4, 0.5) is 10.5 Å². The van der Waals surface area contributed by atoms with Crippen molar-refractivity contribution in [1.82, 2.24) is 0 Å². The molecule has 0 bridgehead atoms. The molecule has 1 aromatic carbocycles. The summed E-state index contributed by atoms with van der Waals surface area (Å²) in [6.45, 7) is 8.25. The fourth-order valence-corrected chi connectivity index (χ4v) is 1.56. The van der Waals surface area contributed by atoms with E-state index in [0.29, 0.717) is 5.56 Å². The Labute approximate surface area is 123 Å². The summed E-state index contributed by atoms with van der Waals surface area (Å²) in [5, 5.41) is 21.5. The van der Waals surface area contributed by atoms with Gasteiger partial charge in [-0.15, -0.1) is 0 Å². The number of carbonyl (C=O) groups is 2. The van der Waals surface area contributed by atoms with Crippen molar-refractivity contribution in [2.45, 2.75) is 45.6 Å². The molecule has 0 aliphatic heterocycles. The molecule has 1 aromatic rings. The smallest absolute Gasteiger partial charge is 0.412 e. The van der Waals surface area contributed by atoms with Crippen LogP contribution in [0, 0.1) is 0 Å². The number of rotatable bonds is 3. The summed E-state index contributed by atoms with van der Waals surface area (Å²) in [5.41, 5.74) is -1.19. The van der Waals surface area contributed by atoms with Gasteiger partial charge in [0.05, 0.1) is 11.1 Å². The summed E-state index contributed by atoms with van der Waals surface area (Å²) in [4.78, 5) is 22.8. The van der Waals surface area contributed by atoms with E-state index < -0.39 is 23.1 Å². The van der Waals surface area contributed by atoms with Gasteiger partial charge in [-0.3, -0.25) is 10.1 Å². The zero-order chi connectivity index (χ0) is 16.4. The molecule has 0 saturated heterocycles. The quantitative estimate of drug-likeness (QED) is 0.745. The Morgan fingerprint density at radius 2 is 1.71 bits per heavy atom. The highest BCUT2D eigenvalue weighted by molar-refractivity contribution is 5.87. The van der Waals surface area contributed by atoms with E-state index in [0.717, 1.165) is 0 Å². The van der Waals surface area contributed by atoms with Gasteiger partial charge in [0.2, 0.25) is 0 Å². The Morgan fingerprint density at radius 1 is 1.14 bits per heavy atom. The number of phenols is 1. The van der Waals surface area contributed by atoms with E-state index >= 15 is 0 Å². The number of hydrogen-bond acceptors (Lipinski definition) is 4. The molecule has 1 rings (SSSR count). The SMILES string of the molecule is CC(C)(C)OC(=O)Nc1ccc(C(C)(C)C(=O)O)cc1O. The maximum atomic E-state index is 11.6. The number of nitrogens with one attached hydrogen (secondary N) is 1. The van der Waals surface area contributed by atoms with E-state index in [9.17, 15) is 14.7 Å². The molecule has 116 valence electrons. The molecule has 0 spiro atoms. The highest BCUT2D eigenvalue weighted by Crippen LogP contribution is 2.31. The van der Waals surface area contributed by atoms with E-state index in [4.69, 9.17) is 9.84 Å². The van der Waals surface area contributed by atoms with E-state index in [1.807, 2.05) is 0 Å². The molecule has 0 aliphatic carbocycles. The number of carboxylic acid groups (broad SMARTS) is 1. The van der Waals surface area contributed by atoms with E-state index in [2.05, 4.69) is 5.32 Å². The van der Waals surface area contributed by atoms with Crippen LogP contribution in [0.1, 0.15) is 40.2 Å². The van der Waals surface area contributed by atoms with Crippen molar-refractivity contribution < 1.29 is 24.5 Å². The lowest BCUT2D eigenvalue weighted by Crippen LogP contribution is -2.29. The van der Waals surface area contributed by atoms with Gasteiger partial charge in [0.15, 0.2) is 0 Å². The first-order valence-corrected chi connectivity index (χ1v) is 6.50. The van der Waals surface area contributed by atoms with Crippen molar-refractivity contribution in [3.05, 3.63) is 23.8 Å². The van der Waals surface area contributed by atoms with Crippen molar-refractivity contribution in [3.63, 3.8) is 0 Å². The van der Waals surface area contributed by atoms with Crippen molar-refractivity contribution in [2.24, 2.45) is 0 Å². The number of amides is 1. The van der Waals surface area contributed by atoms with Crippen LogP contribution in [-0.2, 0) is 14.9 Å². The zero-order valence-corrected chi connectivity index (χ0v) is 12.9. The molecule has 0 radical (unpaired) electrons. The number of phenolic OH excluding ortho intramolecular Hbond substituents is 1. The number of ether oxygens (including phenoxy) is 1. The highest BCUT2D eigenvalue weighted by atomic mass is 16.6. The second kappa shape index (κ2) is 5.63. The summed E-state index contributed by atoms with van der Waals surface area (Å²) in [5.74, 6) is -1.22. The second-order valence-electron chi connectivity index (χ2n) is 6.29. The lowest BCUT2D eigenvalue weighted by molar-refractivity contribution is -0.142. The third-order valence-electron chi connectivity index (χ3n) is 2.89. The maximum absolute atomic E-state index is 11.6. The average Bonchev–Trinajstić information content (AvgIpc) is 2.28.